The lowest BCUT2D eigenvalue weighted by Gasteiger charge is -2.24. The summed E-state index contributed by atoms with van der Waals surface area (Å²) in [6.45, 7) is 3.05. The van der Waals surface area contributed by atoms with Gasteiger partial charge in [-0.05, 0) is 37.6 Å². The van der Waals surface area contributed by atoms with Gasteiger partial charge in [0.05, 0.1) is 31.4 Å². The molecule has 2 aromatic carbocycles. The van der Waals surface area contributed by atoms with Crippen molar-refractivity contribution in [2.75, 3.05) is 7.11 Å². The lowest BCUT2D eigenvalue weighted by molar-refractivity contribution is -0.140. The van der Waals surface area contributed by atoms with Crippen LogP contribution in [0.15, 0.2) is 36.5 Å². The second kappa shape index (κ2) is 9.56. The van der Waals surface area contributed by atoms with E-state index in [-0.39, 0.29) is 41.2 Å². The summed E-state index contributed by atoms with van der Waals surface area (Å²) in [5.41, 5.74) is 2.03. The Labute approximate surface area is 206 Å². The van der Waals surface area contributed by atoms with E-state index in [1.165, 1.54) is 20.1 Å². The molecule has 0 fully saturated rings. The van der Waals surface area contributed by atoms with Crippen molar-refractivity contribution in [1.82, 2.24) is 4.98 Å². The van der Waals surface area contributed by atoms with Gasteiger partial charge in [-0.3, -0.25) is 14.6 Å². The van der Waals surface area contributed by atoms with Crippen molar-refractivity contribution < 1.29 is 34.4 Å². The molecule has 0 aliphatic carbocycles. The van der Waals surface area contributed by atoms with Gasteiger partial charge in [0.1, 0.15) is 23.4 Å². The van der Waals surface area contributed by atoms with E-state index in [1.54, 1.807) is 37.4 Å². The zero-order valence-corrected chi connectivity index (χ0v) is 20.1. The highest BCUT2D eigenvalue weighted by molar-refractivity contribution is 6.30. The summed E-state index contributed by atoms with van der Waals surface area (Å²) >= 11 is 6.18. The molecule has 1 aliphatic heterocycles. The fraction of sp³-hybridized carbons (Fsp3) is 0.269. The maximum atomic E-state index is 12.5. The second-order valence-electron chi connectivity index (χ2n) is 8.39. The molecule has 3 N–H and O–H groups in total. The molecular weight excluding hydrogens is 474 g/mol. The molecule has 0 bridgehead atoms. The van der Waals surface area contributed by atoms with Crippen LogP contribution in [0.1, 0.15) is 69.2 Å². The largest absolute Gasteiger partial charge is 0.507 e. The van der Waals surface area contributed by atoms with Gasteiger partial charge in [-0.1, -0.05) is 23.7 Å². The van der Waals surface area contributed by atoms with Gasteiger partial charge in [0, 0.05) is 39.4 Å². The van der Waals surface area contributed by atoms with Crippen LogP contribution in [-0.2, 0) is 20.9 Å². The average molecular weight is 498 g/mol. The van der Waals surface area contributed by atoms with E-state index in [4.69, 9.17) is 21.1 Å². The number of aromatic nitrogens is 1. The Hall–Kier alpha value is -3.62. The van der Waals surface area contributed by atoms with E-state index in [9.17, 15) is 24.9 Å². The van der Waals surface area contributed by atoms with Crippen molar-refractivity contribution in [3.8, 4) is 17.2 Å². The monoisotopic (exact) mass is 497 g/mol. The number of aryl methyl sites for hydroxylation is 1. The van der Waals surface area contributed by atoms with Crippen LogP contribution in [0.5, 0.6) is 17.2 Å². The number of phenols is 2. The number of carbonyl (C=O) groups is 2. The fourth-order valence-corrected chi connectivity index (χ4v) is 4.62. The Morgan fingerprint density at radius 1 is 1.20 bits per heavy atom. The number of ether oxygens (including phenoxy) is 2. The summed E-state index contributed by atoms with van der Waals surface area (Å²) in [6.07, 6.45) is 0.415. The highest BCUT2D eigenvalue weighted by Gasteiger charge is 2.36. The number of Topliss-reactive ketones (excluding diaryl/α,β-unsaturated/α-hetero) is 1. The van der Waals surface area contributed by atoms with Gasteiger partial charge in [0.25, 0.3) is 0 Å². The number of phenolic OH excluding ortho intramolecular Hbond substituents is 2. The lowest BCUT2D eigenvalue weighted by atomic mass is 9.83. The molecule has 0 unspecified atom stereocenters. The predicted octanol–water partition coefficient (Wildman–Crippen LogP) is 4.68. The van der Waals surface area contributed by atoms with Crippen molar-refractivity contribution in [1.29, 1.82) is 0 Å². The minimum atomic E-state index is -0.928. The van der Waals surface area contributed by atoms with Crippen molar-refractivity contribution in [3.63, 3.8) is 0 Å². The number of hydrogen-bond acceptors (Lipinski definition) is 8. The molecule has 9 heteroatoms. The maximum absolute atomic E-state index is 12.5. The van der Waals surface area contributed by atoms with Crippen LogP contribution in [0.25, 0.3) is 0 Å². The molecule has 2 atom stereocenters. The summed E-state index contributed by atoms with van der Waals surface area (Å²) in [7, 11) is 1.23. The zero-order chi connectivity index (χ0) is 25.4. The van der Waals surface area contributed by atoms with Gasteiger partial charge in [0.2, 0.25) is 0 Å². The number of carbonyl (C=O) groups excluding carboxylic acids is 2. The molecule has 0 saturated carbocycles. The first kappa shape index (κ1) is 24.5. The molecule has 0 radical (unpaired) electrons. The van der Waals surface area contributed by atoms with Crippen molar-refractivity contribution >= 4 is 23.4 Å². The van der Waals surface area contributed by atoms with Crippen molar-refractivity contribution in [2.45, 2.75) is 38.9 Å². The number of aromatic hydroxyl groups is 3. The number of halogens is 1. The van der Waals surface area contributed by atoms with Gasteiger partial charge < -0.3 is 24.8 Å². The normalized spacial score (nSPS) is 15.5. The molecule has 1 aromatic heterocycles. The van der Waals surface area contributed by atoms with Gasteiger partial charge in [-0.15, -0.1) is 0 Å². The number of fused-ring (bicyclic) bond motifs is 1. The number of ketones is 1. The van der Waals surface area contributed by atoms with Gasteiger partial charge in [0.15, 0.2) is 5.78 Å². The van der Waals surface area contributed by atoms with Gasteiger partial charge in [-0.2, -0.15) is 0 Å². The molecule has 0 spiro atoms. The molecule has 4 rings (SSSR count). The number of methoxy groups -OCH3 is 1. The summed E-state index contributed by atoms with van der Waals surface area (Å²) < 4.78 is 10.7. The quantitative estimate of drug-likeness (QED) is 0.331. The third kappa shape index (κ3) is 4.42. The first-order chi connectivity index (χ1) is 16.6. The van der Waals surface area contributed by atoms with E-state index >= 15 is 0 Å². The van der Waals surface area contributed by atoms with E-state index in [0.29, 0.717) is 27.4 Å². The molecule has 1 aliphatic rings. The number of hydrogen-bond donors (Lipinski definition) is 3. The molecule has 35 heavy (non-hydrogen) atoms. The SMILES string of the molecule is COC(=O)C[C@H](c1cccc(Cl)c1)c1c(O)c(C(C)=O)cc([C@@H]2OCc3cnc(C)c(O)c32)c1O. The van der Waals surface area contributed by atoms with Gasteiger partial charge in [-0.25, -0.2) is 0 Å². The fourth-order valence-electron chi connectivity index (χ4n) is 4.42. The minimum absolute atomic E-state index is 0.0392. The summed E-state index contributed by atoms with van der Waals surface area (Å²) in [6, 6.07) is 7.98. The molecule has 8 nitrogen and oxygen atoms in total. The topological polar surface area (TPSA) is 126 Å². The van der Waals surface area contributed by atoms with Crippen LogP contribution in [0.3, 0.4) is 0 Å². The number of rotatable bonds is 6. The highest BCUT2D eigenvalue weighted by Crippen LogP contribution is 2.50. The Morgan fingerprint density at radius 3 is 2.60 bits per heavy atom. The zero-order valence-electron chi connectivity index (χ0n) is 19.3. The molecule has 2 heterocycles. The predicted molar refractivity (Wildman–Crippen MR) is 127 cm³/mol. The third-order valence-corrected chi connectivity index (χ3v) is 6.46. The van der Waals surface area contributed by atoms with Crippen LogP contribution in [0.2, 0.25) is 5.02 Å². The second-order valence-corrected chi connectivity index (χ2v) is 8.83. The number of pyridine rings is 1. The molecule has 3 aromatic rings. The van der Waals surface area contributed by atoms with Gasteiger partial charge >= 0.3 is 5.97 Å². The van der Waals surface area contributed by atoms with E-state index in [1.807, 2.05) is 0 Å². The van der Waals surface area contributed by atoms with Crippen LogP contribution in [0.4, 0.5) is 0 Å². The molecule has 0 amide bonds. The van der Waals surface area contributed by atoms with E-state index in [2.05, 4.69) is 4.98 Å². The molecule has 182 valence electrons. The van der Waals surface area contributed by atoms with Crippen LogP contribution in [0, 0.1) is 6.92 Å². The minimum Gasteiger partial charge on any atom is -0.507 e. The average Bonchev–Trinajstić information content (AvgIpc) is 3.25. The van der Waals surface area contributed by atoms with Crippen molar-refractivity contribution in [2.24, 2.45) is 0 Å². The number of benzene rings is 2. The Morgan fingerprint density at radius 2 is 1.94 bits per heavy atom. The smallest absolute Gasteiger partial charge is 0.306 e. The van der Waals surface area contributed by atoms with Crippen LogP contribution in [-0.4, -0.2) is 39.2 Å². The first-order valence-corrected chi connectivity index (χ1v) is 11.2. The third-order valence-electron chi connectivity index (χ3n) is 6.22. The lowest BCUT2D eigenvalue weighted by Crippen LogP contribution is -2.13. The molecular formula is C26H24ClNO7. The van der Waals surface area contributed by atoms with E-state index < -0.39 is 29.5 Å². The highest BCUT2D eigenvalue weighted by atomic mass is 35.5. The maximum Gasteiger partial charge on any atom is 0.306 e. The molecule has 0 saturated heterocycles. The Bertz CT molecular complexity index is 1340. The first-order valence-electron chi connectivity index (χ1n) is 10.8. The Kier molecular flexibility index (Phi) is 6.69. The van der Waals surface area contributed by atoms with Crippen molar-refractivity contribution in [3.05, 3.63) is 80.6 Å². The Balaban J connectivity index is 1.99. The number of esters is 1. The standard InChI is InChI=1S/C26H24ClNO7/c1-12-23(31)21-15(10-28-12)11-35-26(21)19-8-17(13(2)29)24(32)22(25(19)33)18(9-20(30)34-3)14-5-4-6-16(27)7-14/h4-8,10,18,26,31-33H,9,11H2,1-3H3/t18-,26+/m1/s1. The number of nitrogens with zero attached hydrogens (tertiary/aromatic N) is 1. The van der Waals surface area contributed by atoms with Crippen LogP contribution >= 0.6 is 11.6 Å². The van der Waals surface area contributed by atoms with Crippen LogP contribution < -0.4 is 0 Å². The summed E-state index contributed by atoms with van der Waals surface area (Å²) in [5, 5.41) is 33.7. The van der Waals surface area contributed by atoms with E-state index in [0.717, 1.165) is 0 Å². The summed E-state index contributed by atoms with van der Waals surface area (Å²) in [4.78, 5) is 29.0. The summed E-state index contributed by atoms with van der Waals surface area (Å²) in [5.74, 6) is -2.85.